The molecule has 0 spiro atoms. The van der Waals surface area contributed by atoms with E-state index in [-0.39, 0.29) is 17.3 Å². The van der Waals surface area contributed by atoms with Gasteiger partial charge in [-0.3, -0.25) is 4.79 Å². The number of methoxy groups -OCH3 is 1. The maximum atomic E-state index is 11.0. The first-order chi connectivity index (χ1) is 5.52. The van der Waals surface area contributed by atoms with Crippen LogP contribution < -0.4 is 5.32 Å². The van der Waals surface area contributed by atoms with E-state index >= 15 is 0 Å². The summed E-state index contributed by atoms with van der Waals surface area (Å²) in [5.41, 5.74) is 0. The summed E-state index contributed by atoms with van der Waals surface area (Å²) in [6, 6.07) is 0. The van der Waals surface area contributed by atoms with Crippen LogP contribution in [0.15, 0.2) is 0 Å². The van der Waals surface area contributed by atoms with Gasteiger partial charge in [-0.2, -0.15) is 11.8 Å². The van der Waals surface area contributed by atoms with Crippen molar-refractivity contribution in [1.82, 2.24) is 5.32 Å². The van der Waals surface area contributed by atoms with E-state index < -0.39 is 0 Å². The van der Waals surface area contributed by atoms with Crippen molar-refractivity contribution >= 4 is 17.7 Å². The van der Waals surface area contributed by atoms with Crippen molar-refractivity contribution in [2.45, 2.75) is 18.6 Å². The molecule has 1 N–H and O–H groups in total. The average molecular weight is 191 g/mol. The van der Waals surface area contributed by atoms with Crippen molar-refractivity contribution in [3.63, 3.8) is 0 Å². The second-order valence-corrected chi connectivity index (χ2v) is 4.69. The van der Waals surface area contributed by atoms with Crippen LogP contribution in [0.5, 0.6) is 0 Å². The Hall–Kier alpha value is -0.220. The van der Waals surface area contributed by atoms with E-state index in [0.717, 1.165) is 0 Å². The summed E-state index contributed by atoms with van der Waals surface area (Å²) < 4.78 is 4.78. The molecule has 0 rings (SSSR count). The lowest BCUT2D eigenvalue weighted by atomic mass is 10.2. The van der Waals surface area contributed by atoms with Crippen LogP contribution in [-0.2, 0) is 9.53 Å². The fraction of sp³-hybridized carbons (Fsp3) is 0.875. The Balaban J connectivity index is 3.60. The Bertz CT molecular complexity index is 148. The molecule has 0 bridgehead atoms. The lowest BCUT2D eigenvalue weighted by molar-refractivity contribution is -0.124. The predicted molar refractivity (Wildman–Crippen MR) is 52.5 cm³/mol. The number of ether oxygens (including phenoxy) is 1. The van der Waals surface area contributed by atoms with E-state index in [1.165, 1.54) is 7.11 Å². The molecule has 3 nitrogen and oxygen atoms in total. The van der Waals surface area contributed by atoms with E-state index in [9.17, 15) is 4.79 Å². The maximum Gasteiger partial charge on any atom is 0.246 e. The third kappa shape index (κ3) is 5.43. The third-order valence-electron chi connectivity index (χ3n) is 1.54. The molecular formula is C8H17NO2S. The van der Waals surface area contributed by atoms with E-state index in [0.29, 0.717) is 6.54 Å². The van der Waals surface area contributed by atoms with Gasteiger partial charge in [0.25, 0.3) is 0 Å². The molecule has 0 saturated carbocycles. The minimum absolute atomic E-state index is 0.0559. The molecule has 0 fully saturated rings. The number of hydrogen-bond donors (Lipinski definition) is 1. The van der Waals surface area contributed by atoms with Gasteiger partial charge in [0.05, 0.1) is 0 Å². The van der Waals surface area contributed by atoms with Gasteiger partial charge in [-0.1, -0.05) is 0 Å². The summed E-state index contributed by atoms with van der Waals surface area (Å²) in [6.07, 6.45) is 2.03. The van der Waals surface area contributed by atoms with Gasteiger partial charge in [0, 0.05) is 18.4 Å². The number of rotatable bonds is 5. The molecular weight excluding hydrogens is 174 g/mol. The molecule has 0 aromatic heterocycles. The van der Waals surface area contributed by atoms with Gasteiger partial charge in [0.2, 0.25) is 5.91 Å². The second kappa shape index (κ2) is 5.43. The van der Waals surface area contributed by atoms with Gasteiger partial charge < -0.3 is 10.1 Å². The van der Waals surface area contributed by atoms with Crippen LogP contribution in [0.3, 0.4) is 0 Å². The van der Waals surface area contributed by atoms with Crippen molar-refractivity contribution < 1.29 is 9.53 Å². The molecule has 4 heteroatoms. The molecule has 0 heterocycles. The third-order valence-corrected chi connectivity index (χ3v) is 2.79. The minimum atomic E-state index is -0.0559. The molecule has 0 saturated heterocycles. The SMILES string of the molecule is COCC(=O)NCC(C)(C)SC. The molecule has 0 radical (unpaired) electrons. The average Bonchev–Trinajstić information content (AvgIpc) is 2.02. The molecule has 1 amide bonds. The second-order valence-electron chi connectivity index (χ2n) is 3.17. The quantitative estimate of drug-likeness (QED) is 0.701. The monoisotopic (exact) mass is 191 g/mol. The smallest absolute Gasteiger partial charge is 0.246 e. The summed E-state index contributed by atoms with van der Waals surface area (Å²) in [4.78, 5) is 11.0. The first-order valence-electron chi connectivity index (χ1n) is 3.82. The molecule has 0 aliphatic carbocycles. The van der Waals surface area contributed by atoms with Crippen LogP contribution in [0.4, 0.5) is 0 Å². The van der Waals surface area contributed by atoms with E-state index in [1.807, 2.05) is 6.26 Å². The van der Waals surface area contributed by atoms with Gasteiger partial charge in [0.1, 0.15) is 6.61 Å². The normalized spacial score (nSPS) is 11.3. The lowest BCUT2D eigenvalue weighted by Crippen LogP contribution is -2.37. The van der Waals surface area contributed by atoms with Crippen molar-refractivity contribution in [2.24, 2.45) is 0 Å². The molecule has 0 aromatic rings. The van der Waals surface area contributed by atoms with Crippen molar-refractivity contribution in [3.05, 3.63) is 0 Å². The van der Waals surface area contributed by atoms with E-state index in [4.69, 9.17) is 0 Å². The fourth-order valence-electron chi connectivity index (χ4n) is 0.566. The summed E-state index contributed by atoms with van der Waals surface area (Å²) in [6.45, 7) is 5.00. The lowest BCUT2D eigenvalue weighted by Gasteiger charge is -2.21. The summed E-state index contributed by atoms with van der Waals surface area (Å²) in [5.74, 6) is -0.0559. The number of thioether (sulfide) groups is 1. The number of carbonyl (C=O) groups excluding carboxylic acids is 1. The maximum absolute atomic E-state index is 11.0. The topological polar surface area (TPSA) is 38.3 Å². The highest BCUT2D eigenvalue weighted by atomic mass is 32.2. The molecule has 12 heavy (non-hydrogen) atoms. The minimum Gasteiger partial charge on any atom is -0.375 e. The molecule has 72 valence electrons. The standard InChI is InChI=1S/C8H17NO2S/c1-8(2,12-4)6-9-7(10)5-11-3/h5-6H2,1-4H3,(H,9,10). The van der Waals surface area contributed by atoms with Crippen LogP contribution in [-0.4, -0.2) is 37.2 Å². The number of amides is 1. The van der Waals surface area contributed by atoms with E-state index in [1.54, 1.807) is 11.8 Å². The first-order valence-corrected chi connectivity index (χ1v) is 5.05. The molecule has 0 unspecified atom stereocenters. The van der Waals surface area contributed by atoms with Crippen LogP contribution in [0.25, 0.3) is 0 Å². The summed E-state index contributed by atoms with van der Waals surface area (Å²) >= 11 is 1.73. The Morgan fingerprint density at radius 3 is 2.58 bits per heavy atom. The van der Waals surface area contributed by atoms with Gasteiger partial charge in [-0.15, -0.1) is 0 Å². The number of carbonyl (C=O) groups is 1. The fourth-order valence-corrected chi connectivity index (χ4v) is 0.782. The van der Waals surface area contributed by atoms with Gasteiger partial charge in [0.15, 0.2) is 0 Å². The first kappa shape index (κ1) is 11.8. The zero-order valence-corrected chi connectivity index (χ0v) is 8.96. The molecule has 0 aromatic carbocycles. The predicted octanol–water partition coefficient (Wildman–Crippen LogP) is 0.891. The van der Waals surface area contributed by atoms with E-state index in [2.05, 4.69) is 23.9 Å². The number of nitrogens with one attached hydrogen (secondary N) is 1. The van der Waals surface area contributed by atoms with Crippen molar-refractivity contribution in [2.75, 3.05) is 26.5 Å². The highest BCUT2D eigenvalue weighted by molar-refractivity contribution is 7.99. The molecule has 0 atom stereocenters. The summed E-state index contributed by atoms with van der Waals surface area (Å²) in [7, 11) is 1.51. The highest BCUT2D eigenvalue weighted by Crippen LogP contribution is 2.19. The molecule has 0 aliphatic heterocycles. The van der Waals surface area contributed by atoms with Crippen LogP contribution in [0.2, 0.25) is 0 Å². The number of hydrogen-bond acceptors (Lipinski definition) is 3. The van der Waals surface area contributed by atoms with Crippen LogP contribution in [0, 0.1) is 0 Å². The zero-order chi connectivity index (χ0) is 9.61. The Labute approximate surface area is 78.2 Å². The van der Waals surface area contributed by atoms with Crippen LogP contribution >= 0.6 is 11.8 Å². The summed E-state index contributed by atoms with van der Waals surface area (Å²) in [5, 5.41) is 2.79. The molecule has 0 aliphatic rings. The van der Waals surface area contributed by atoms with Crippen molar-refractivity contribution in [3.8, 4) is 0 Å². The Kier molecular flexibility index (Phi) is 5.33. The van der Waals surface area contributed by atoms with Gasteiger partial charge in [-0.25, -0.2) is 0 Å². The van der Waals surface area contributed by atoms with Crippen molar-refractivity contribution in [1.29, 1.82) is 0 Å². The Morgan fingerprint density at radius 1 is 1.58 bits per heavy atom. The van der Waals surface area contributed by atoms with Gasteiger partial charge >= 0.3 is 0 Å². The highest BCUT2D eigenvalue weighted by Gasteiger charge is 2.16. The van der Waals surface area contributed by atoms with Crippen LogP contribution in [0.1, 0.15) is 13.8 Å². The zero-order valence-electron chi connectivity index (χ0n) is 8.14. The van der Waals surface area contributed by atoms with Gasteiger partial charge in [-0.05, 0) is 20.1 Å². The largest absolute Gasteiger partial charge is 0.375 e. The Morgan fingerprint density at radius 2 is 2.17 bits per heavy atom.